The van der Waals surface area contributed by atoms with Gasteiger partial charge in [0.1, 0.15) is 11.2 Å². The molecule has 1 aliphatic heterocycles. The Bertz CT molecular complexity index is 3930. The van der Waals surface area contributed by atoms with Gasteiger partial charge < -0.3 is 13.9 Å². The summed E-state index contributed by atoms with van der Waals surface area (Å²) >= 11 is 0. The second-order valence-corrected chi connectivity index (χ2v) is 18.7. The van der Waals surface area contributed by atoms with E-state index in [-0.39, 0.29) is 0 Å². The van der Waals surface area contributed by atoms with Crippen LogP contribution < -0.4 is 4.90 Å². The third-order valence-electron chi connectivity index (χ3n) is 14.8. The molecule has 69 heavy (non-hydrogen) atoms. The van der Waals surface area contributed by atoms with Crippen LogP contribution in [0, 0.1) is 0 Å². The Hall–Kier alpha value is -8.61. The average molecular weight is 888 g/mol. The molecule has 0 amide bonds. The number of para-hydroxylation sites is 4. The standard InChI is InChI=1S/C63H45N5O/c1-3-15-40(16-4-1)42-29-32-58-52(37-42)50-24-8-11-27-56(50)68(58)48-22-14-19-45(36-48)62-64-61(65-63(66-62)46-31-34-60-54(39-46)51-25-9-12-28-59(51)69-60)44-18-13-17-41(35-44)43-30-33-57-53(38-43)49-23-7-10-26-55(49)67(57)47-20-5-2-6-21-47/h1-29,31-32,34-37,39,43,53,57H,30,33,38H2. The molecule has 0 radical (unpaired) electrons. The topological polar surface area (TPSA) is 60.0 Å². The molecule has 0 saturated heterocycles. The molecule has 328 valence electrons. The lowest BCUT2D eigenvalue weighted by Crippen LogP contribution is -2.34. The largest absolute Gasteiger partial charge is 0.456 e. The minimum absolute atomic E-state index is 0.402. The molecule has 3 aromatic heterocycles. The third-order valence-corrected chi connectivity index (χ3v) is 14.8. The van der Waals surface area contributed by atoms with Crippen LogP contribution in [-0.4, -0.2) is 25.6 Å². The molecule has 3 atom stereocenters. The Kier molecular flexibility index (Phi) is 9.19. The SMILES string of the molecule is c1ccc(-c2ccc3c(c2)c2ccccc2n3-c2cccc(-c3nc(-c4cccc(C5CCC6C(C5)c5ccccc5N6c5ccccc5)c4)nc(-c4ccc5oc6ccccc6c5c4)n3)c2)cc1. The predicted octanol–water partition coefficient (Wildman–Crippen LogP) is 16.1. The minimum atomic E-state index is 0.402. The molecule has 6 nitrogen and oxygen atoms in total. The molecule has 1 aliphatic carbocycles. The van der Waals surface area contributed by atoms with Crippen LogP contribution in [0.25, 0.3) is 94.7 Å². The molecule has 14 rings (SSSR count). The first-order valence-electron chi connectivity index (χ1n) is 24.1. The van der Waals surface area contributed by atoms with E-state index in [2.05, 4.69) is 210 Å². The van der Waals surface area contributed by atoms with E-state index < -0.39 is 0 Å². The van der Waals surface area contributed by atoms with E-state index in [0.29, 0.717) is 35.4 Å². The van der Waals surface area contributed by atoms with Crippen LogP contribution in [0.15, 0.2) is 223 Å². The van der Waals surface area contributed by atoms with Gasteiger partial charge in [0.05, 0.1) is 11.0 Å². The van der Waals surface area contributed by atoms with Crippen molar-refractivity contribution in [2.24, 2.45) is 0 Å². The fraction of sp³-hybridized carbons (Fsp3) is 0.0952. The molecule has 1 saturated carbocycles. The lowest BCUT2D eigenvalue weighted by molar-refractivity contribution is 0.361. The summed E-state index contributed by atoms with van der Waals surface area (Å²) in [6, 6.07) is 78.6. The Morgan fingerprint density at radius 3 is 1.86 bits per heavy atom. The van der Waals surface area contributed by atoms with E-state index >= 15 is 0 Å². The molecule has 12 aromatic rings. The summed E-state index contributed by atoms with van der Waals surface area (Å²) in [6.45, 7) is 0. The number of hydrogen-bond acceptors (Lipinski definition) is 5. The number of anilines is 2. The smallest absolute Gasteiger partial charge is 0.164 e. The van der Waals surface area contributed by atoms with Gasteiger partial charge in [-0.2, -0.15) is 0 Å². The third kappa shape index (κ3) is 6.66. The zero-order chi connectivity index (χ0) is 45.4. The summed E-state index contributed by atoms with van der Waals surface area (Å²) in [5.74, 6) is 2.74. The van der Waals surface area contributed by atoms with Gasteiger partial charge in [-0.25, -0.2) is 15.0 Å². The number of nitrogens with zero attached hydrogens (tertiary/aromatic N) is 5. The van der Waals surface area contributed by atoms with Gasteiger partial charge in [-0.05, 0) is 126 Å². The molecule has 0 spiro atoms. The fourth-order valence-corrected chi connectivity index (χ4v) is 11.6. The highest BCUT2D eigenvalue weighted by Gasteiger charge is 2.43. The first-order valence-corrected chi connectivity index (χ1v) is 24.1. The van der Waals surface area contributed by atoms with E-state index in [9.17, 15) is 0 Å². The summed E-state index contributed by atoms with van der Waals surface area (Å²) in [6.07, 6.45) is 3.31. The van der Waals surface area contributed by atoms with Crippen molar-refractivity contribution in [3.63, 3.8) is 0 Å². The van der Waals surface area contributed by atoms with Gasteiger partial charge >= 0.3 is 0 Å². The molecule has 6 heteroatoms. The highest BCUT2D eigenvalue weighted by Crippen LogP contribution is 2.54. The van der Waals surface area contributed by atoms with Crippen molar-refractivity contribution >= 4 is 55.1 Å². The number of rotatable bonds is 7. The molecule has 0 N–H and O–H groups in total. The van der Waals surface area contributed by atoms with Crippen LogP contribution in [0.2, 0.25) is 0 Å². The highest BCUT2D eigenvalue weighted by atomic mass is 16.3. The number of benzene rings is 9. The molecule has 2 aliphatic rings. The maximum atomic E-state index is 6.25. The summed E-state index contributed by atoms with van der Waals surface area (Å²) in [5, 5.41) is 4.52. The van der Waals surface area contributed by atoms with Gasteiger partial charge in [-0.1, -0.05) is 140 Å². The van der Waals surface area contributed by atoms with Gasteiger partial charge in [0.25, 0.3) is 0 Å². The van der Waals surface area contributed by atoms with Crippen LogP contribution in [0.1, 0.15) is 42.2 Å². The fourth-order valence-electron chi connectivity index (χ4n) is 11.6. The molecule has 1 fully saturated rings. The van der Waals surface area contributed by atoms with Crippen molar-refractivity contribution in [3.8, 4) is 51.0 Å². The van der Waals surface area contributed by atoms with E-state index in [4.69, 9.17) is 19.4 Å². The van der Waals surface area contributed by atoms with Crippen molar-refractivity contribution in [3.05, 3.63) is 230 Å². The van der Waals surface area contributed by atoms with Crippen molar-refractivity contribution < 1.29 is 4.42 Å². The number of hydrogen-bond donors (Lipinski definition) is 0. The first kappa shape index (κ1) is 39.5. The van der Waals surface area contributed by atoms with Crippen molar-refractivity contribution in [2.45, 2.75) is 37.1 Å². The average Bonchev–Trinajstić information content (AvgIpc) is 4.08. The molecular formula is C63H45N5O. The second kappa shape index (κ2) is 16.0. The van der Waals surface area contributed by atoms with Crippen molar-refractivity contribution in [1.29, 1.82) is 0 Å². The zero-order valence-corrected chi connectivity index (χ0v) is 37.8. The number of furan rings is 1. The summed E-state index contributed by atoms with van der Waals surface area (Å²) in [4.78, 5) is 18.6. The van der Waals surface area contributed by atoms with Gasteiger partial charge in [-0.15, -0.1) is 0 Å². The summed E-state index contributed by atoms with van der Waals surface area (Å²) < 4.78 is 8.62. The van der Waals surface area contributed by atoms with E-state index in [0.717, 1.165) is 74.6 Å². The summed E-state index contributed by atoms with van der Waals surface area (Å²) in [7, 11) is 0. The maximum Gasteiger partial charge on any atom is 0.164 e. The van der Waals surface area contributed by atoms with Crippen molar-refractivity contribution in [1.82, 2.24) is 19.5 Å². The van der Waals surface area contributed by atoms with Crippen molar-refractivity contribution in [2.75, 3.05) is 4.90 Å². The second-order valence-electron chi connectivity index (χ2n) is 18.7. The quantitative estimate of drug-likeness (QED) is 0.160. The van der Waals surface area contributed by atoms with Crippen LogP contribution in [-0.2, 0) is 0 Å². The molecular weight excluding hydrogens is 843 g/mol. The highest BCUT2D eigenvalue weighted by molar-refractivity contribution is 6.10. The first-order chi connectivity index (χ1) is 34.2. The molecule has 9 aromatic carbocycles. The van der Waals surface area contributed by atoms with Crippen LogP contribution >= 0.6 is 0 Å². The van der Waals surface area contributed by atoms with Crippen LogP contribution in [0.5, 0.6) is 0 Å². The minimum Gasteiger partial charge on any atom is -0.456 e. The Balaban J connectivity index is 0.875. The molecule has 3 unspecified atom stereocenters. The van der Waals surface area contributed by atoms with Gasteiger partial charge in [0.15, 0.2) is 17.5 Å². The normalized spacial score (nSPS) is 16.6. The monoisotopic (exact) mass is 887 g/mol. The number of fused-ring (bicyclic) bond motifs is 9. The van der Waals surface area contributed by atoms with Crippen LogP contribution in [0.3, 0.4) is 0 Å². The maximum absolute atomic E-state index is 6.25. The molecule has 0 bridgehead atoms. The van der Waals surface area contributed by atoms with Gasteiger partial charge in [0.2, 0.25) is 0 Å². The summed E-state index contributed by atoms with van der Waals surface area (Å²) in [5.41, 5.74) is 15.6. The van der Waals surface area contributed by atoms with E-state index in [1.807, 2.05) is 18.2 Å². The Morgan fingerprint density at radius 2 is 1.01 bits per heavy atom. The predicted molar refractivity (Wildman–Crippen MR) is 281 cm³/mol. The zero-order valence-electron chi connectivity index (χ0n) is 37.8. The molecule has 4 heterocycles. The van der Waals surface area contributed by atoms with Gasteiger partial charge in [-0.3, -0.25) is 0 Å². The number of aromatic nitrogens is 4. The van der Waals surface area contributed by atoms with Crippen LogP contribution in [0.4, 0.5) is 11.4 Å². The lowest BCUT2D eigenvalue weighted by atomic mass is 9.74. The lowest BCUT2D eigenvalue weighted by Gasteiger charge is -2.37. The Labute approximate surface area is 399 Å². The van der Waals surface area contributed by atoms with Gasteiger partial charge in [0, 0.05) is 67.3 Å². The van der Waals surface area contributed by atoms with E-state index in [1.165, 1.54) is 44.4 Å². The van der Waals surface area contributed by atoms with E-state index in [1.54, 1.807) is 0 Å². The Morgan fingerprint density at radius 1 is 0.406 bits per heavy atom.